The second-order valence-corrected chi connectivity index (χ2v) is 4.24. The van der Waals surface area contributed by atoms with E-state index in [0.717, 1.165) is 18.2 Å². The Labute approximate surface area is 118 Å². The lowest BCUT2D eigenvalue weighted by Crippen LogP contribution is -2.14. The molecule has 1 amide bonds. The number of amides is 1. The fourth-order valence-corrected chi connectivity index (χ4v) is 1.73. The fraction of sp³-hybridized carbons (Fsp3) is 0.0667. The lowest BCUT2D eigenvalue weighted by atomic mass is 10.1. The van der Waals surface area contributed by atoms with Gasteiger partial charge in [0, 0.05) is 11.1 Å². The Morgan fingerprint density at radius 1 is 1.05 bits per heavy atom. The van der Waals surface area contributed by atoms with Gasteiger partial charge in [-0.05, 0) is 30.3 Å². The quantitative estimate of drug-likeness (QED) is 0.876. The predicted molar refractivity (Wildman–Crippen MR) is 71.2 cm³/mol. The van der Waals surface area contributed by atoms with E-state index in [1.165, 1.54) is 12.1 Å². The van der Waals surface area contributed by atoms with Gasteiger partial charge in [-0.1, -0.05) is 18.2 Å². The molecule has 108 valence electrons. The van der Waals surface area contributed by atoms with Crippen LogP contribution in [0.4, 0.5) is 18.9 Å². The van der Waals surface area contributed by atoms with E-state index in [4.69, 9.17) is 0 Å². The SMILES string of the molecule is O=Cc1ccc(C(F)(F)F)cc1NC(=O)c1ccccc1. The number of hydrogen-bond acceptors (Lipinski definition) is 2. The first kappa shape index (κ1) is 14.8. The molecule has 3 nitrogen and oxygen atoms in total. The molecule has 0 fully saturated rings. The molecule has 0 atom stereocenters. The Bertz CT molecular complexity index is 666. The van der Waals surface area contributed by atoms with Crippen molar-refractivity contribution in [1.29, 1.82) is 0 Å². The molecule has 0 aromatic heterocycles. The Morgan fingerprint density at radius 2 is 1.71 bits per heavy atom. The zero-order valence-electron chi connectivity index (χ0n) is 10.6. The second kappa shape index (κ2) is 5.78. The highest BCUT2D eigenvalue weighted by Crippen LogP contribution is 2.32. The van der Waals surface area contributed by atoms with Gasteiger partial charge < -0.3 is 5.32 Å². The summed E-state index contributed by atoms with van der Waals surface area (Å²) in [7, 11) is 0. The van der Waals surface area contributed by atoms with Crippen molar-refractivity contribution in [3.8, 4) is 0 Å². The lowest BCUT2D eigenvalue weighted by molar-refractivity contribution is -0.137. The minimum atomic E-state index is -4.55. The number of benzene rings is 2. The van der Waals surface area contributed by atoms with E-state index in [1.54, 1.807) is 18.2 Å². The Hall–Kier alpha value is -2.63. The fourth-order valence-electron chi connectivity index (χ4n) is 1.73. The Morgan fingerprint density at radius 3 is 2.29 bits per heavy atom. The number of alkyl halides is 3. The normalized spacial score (nSPS) is 11.0. The van der Waals surface area contributed by atoms with E-state index in [9.17, 15) is 22.8 Å². The van der Waals surface area contributed by atoms with Gasteiger partial charge in [-0.15, -0.1) is 0 Å². The smallest absolute Gasteiger partial charge is 0.321 e. The third kappa shape index (κ3) is 3.47. The van der Waals surface area contributed by atoms with Crippen LogP contribution in [0.25, 0.3) is 0 Å². The second-order valence-electron chi connectivity index (χ2n) is 4.24. The maximum atomic E-state index is 12.7. The Balaban J connectivity index is 2.34. The van der Waals surface area contributed by atoms with Gasteiger partial charge in [0.1, 0.15) is 0 Å². The highest BCUT2D eigenvalue weighted by atomic mass is 19.4. The first-order chi connectivity index (χ1) is 9.91. The molecule has 21 heavy (non-hydrogen) atoms. The van der Waals surface area contributed by atoms with Crippen LogP contribution in [0.3, 0.4) is 0 Å². The molecule has 0 spiro atoms. The molecule has 0 bridgehead atoms. The highest BCUT2D eigenvalue weighted by Gasteiger charge is 2.31. The van der Waals surface area contributed by atoms with Crippen molar-refractivity contribution in [2.24, 2.45) is 0 Å². The molecule has 0 unspecified atom stereocenters. The van der Waals surface area contributed by atoms with Crippen molar-refractivity contribution in [1.82, 2.24) is 0 Å². The van der Waals surface area contributed by atoms with E-state index in [0.29, 0.717) is 6.29 Å². The standard InChI is InChI=1S/C15H10F3NO2/c16-15(17,18)12-7-6-11(9-20)13(8-12)19-14(21)10-4-2-1-3-5-10/h1-9H,(H,19,21). The average Bonchev–Trinajstić information content (AvgIpc) is 2.47. The third-order valence-electron chi connectivity index (χ3n) is 2.79. The minimum Gasteiger partial charge on any atom is -0.321 e. The van der Waals surface area contributed by atoms with Crippen LogP contribution in [0.15, 0.2) is 48.5 Å². The summed E-state index contributed by atoms with van der Waals surface area (Å²) in [6.45, 7) is 0. The Kier molecular flexibility index (Phi) is 4.07. The van der Waals surface area contributed by atoms with E-state index < -0.39 is 17.6 Å². The van der Waals surface area contributed by atoms with Crippen molar-refractivity contribution in [3.05, 3.63) is 65.2 Å². The van der Waals surface area contributed by atoms with Crippen LogP contribution in [-0.4, -0.2) is 12.2 Å². The number of aldehydes is 1. The van der Waals surface area contributed by atoms with Crippen LogP contribution in [0.2, 0.25) is 0 Å². The number of nitrogens with one attached hydrogen (secondary N) is 1. The average molecular weight is 293 g/mol. The number of hydrogen-bond donors (Lipinski definition) is 1. The number of rotatable bonds is 3. The molecule has 0 saturated carbocycles. The van der Waals surface area contributed by atoms with Gasteiger partial charge in [-0.25, -0.2) is 0 Å². The summed E-state index contributed by atoms with van der Waals surface area (Å²) in [4.78, 5) is 22.8. The van der Waals surface area contributed by atoms with Gasteiger partial charge in [0.15, 0.2) is 6.29 Å². The van der Waals surface area contributed by atoms with Crippen molar-refractivity contribution in [3.63, 3.8) is 0 Å². The molecule has 0 aliphatic rings. The molecule has 0 saturated heterocycles. The largest absolute Gasteiger partial charge is 0.416 e. The van der Waals surface area contributed by atoms with Gasteiger partial charge in [-0.3, -0.25) is 9.59 Å². The van der Waals surface area contributed by atoms with Crippen molar-refractivity contribution >= 4 is 17.9 Å². The summed E-state index contributed by atoms with van der Waals surface area (Å²) in [6, 6.07) is 10.6. The van der Waals surface area contributed by atoms with Crippen molar-refractivity contribution in [2.75, 3.05) is 5.32 Å². The summed E-state index contributed by atoms with van der Waals surface area (Å²) in [5.41, 5.74) is -0.843. The topological polar surface area (TPSA) is 46.2 Å². The highest BCUT2D eigenvalue weighted by molar-refractivity contribution is 6.06. The minimum absolute atomic E-state index is 0.0210. The predicted octanol–water partition coefficient (Wildman–Crippen LogP) is 3.77. The molecule has 0 radical (unpaired) electrons. The molecule has 2 aromatic carbocycles. The molecule has 1 N–H and O–H groups in total. The molecule has 2 rings (SSSR count). The molecular formula is C15H10F3NO2. The summed E-state index contributed by atoms with van der Waals surface area (Å²) >= 11 is 0. The number of carbonyl (C=O) groups excluding carboxylic acids is 2. The molecule has 2 aromatic rings. The van der Waals surface area contributed by atoms with Gasteiger partial charge in [-0.2, -0.15) is 13.2 Å². The summed E-state index contributed by atoms with van der Waals surface area (Å²) in [6.07, 6.45) is -4.16. The molecule has 0 heterocycles. The summed E-state index contributed by atoms with van der Waals surface area (Å²) in [5.74, 6) is -0.585. The number of anilines is 1. The van der Waals surface area contributed by atoms with Crippen molar-refractivity contribution < 1.29 is 22.8 Å². The zero-order chi connectivity index (χ0) is 15.5. The van der Waals surface area contributed by atoms with E-state index in [1.807, 2.05) is 0 Å². The van der Waals surface area contributed by atoms with Crippen LogP contribution in [0, 0.1) is 0 Å². The summed E-state index contributed by atoms with van der Waals surface area (Å²) < 4.78 is 38.0. The maximum Gasteiger partial charge on any atom is 0.416 e. The van der Waals surface area contributed by atoms with Crippen LogP contribution >= 0.6 is 0 Å². The molecule has 0 aliphatic heterocycles. The monoisotopic (exact) mass is 293 g/mol. The maximum absolute atomic E-state index is 12.7. The third-order valence-corrected chi connectivity index (χ3v) is 2.79. The van der Waals surface area contributed by atoms with E-state index >= 15 is 0 Å². The zero-order valence-corrected chi connectivity index (χ0v) is 10.6. The molecular weight excluding hydrogens is 283 g/mol. The van der Waals surface area contributed by atoms with E-state index in [-0.39, 0.29) is 16.8 Å². The first-order valence-electron chi connectivity index (χ1n) is 5.94. The summed E-state index contributed by atoms with van der Waals surface area (Å²) in [5, 5.41) is 2.32. The number of halogens is 3. The molecule has 6 heteroatoms. The van der Waals surface area contributed by atoms with Gasteiger partial charge in [0.2, 0.25) is 0 Å². The van der Waals surface area contributed by atoms with Crippen LogP contribution in [0.5, 0.6) is 0 Å². The van der Waals surface area contributed by atoms with Crippen LogP contribution in [0.1, 0.15) is 26.3 Å². The molecule has 0 aliphatic carbocycles. The van der Waals surface area contributed by atoms with Crippen LogP contribution in [-0.2, 0) is 6.18 Å². The van der Waals surface area contributed by atoms with Gasteiger partial charge in [0.05, 0.1) is 11.3 Å². The number of carbonyl (C=O) groups is 2. The lowest BCUT2D eigenvalue weighted by Gasteiger charge is -2.12. The van der Waals surface area contributed by atoms with Gasteiger partial charge in [0.25, 0.3) is 5.91 Å². The van der Waals surface area contributed by atoms with E-state index in [2.05, 4.69) is 5.32 Å². The first-order valence-corrected chi connectivity index (χ1v) is 5.94. The van der Waals surface area contributed by atoms with Crippen LogP contribution < -0.4 is 5.32 Å². The van der Waals surface area contributed by atoms with Gasteiger partial charge >= 0.3 is 6.18 Å². The van der Waals surface area contributed by atoms with Crippen molar-refractivity contribution in [2.45, 2.75) is 6.18 Å².